The number of benzene rings is 1. The first-order valence-corrected chi connectivity index (χ1v) is 8.15. The summed E-state index contributed by atoms with van der Waals surface area (Å²) in [5.41, 5.74) is 3.29. The van der Waals surface area contributed by atoms with Crippen LogP contribution in [-0.2, 0) is 6.42 Å². The van der Waals surface area contributed by atoms with Crippen molar-refractivity contribution in [3.63, 3.8) is 0 Å². The maximum Gasteiger partial charge on any atom is 0.284 e. The molecule has 2 heterocycles. The molecule has 0 N–H and O–H groups in total. The number of aromatic nitrogens is 4. The van der Waals surface area contributed by atoms with Gasteiger partial charge < -0.3 is 4.42 Å². The fourth-order valence-electron chi connectivity index (χ4n) is 1.96. The van der Waals surface area contributed by atoms with Crippen LogP contribution in [0.15, 0.2) is 32.2 Å². The van der Waals surface area contributed by atoms with Gasteiger partial charge in [0.25, 0.3) is 5.22 Å². The average Bonchev–Trinajstić information content (AvgIpc) is 3.07. The second-order valence-corrected chi connectivity index (χ2v) is 6.63. The second-order valence-electron chi connectivity index (χ2n) is 4.68. The molecule has 0 bridgehead atoms. The Morgan fingerprint density at radius 2 is 1.90 bits per heavy atom. The quantitative estimate of drug-likeness (QED) is 0.726. The van der Waals surface area contributed by atoms with E-state index in [-0.39, 0.29) is 0 Å². The first-order valence-electron chi connectivity index (χ1n) is 6.56. The lowest BCUT2D eigenvalue weighted by Crippen LogP contribution is -1.82. The molecule has 5 nitrogen and oxygen atoms in total. The van der Waals surface area contributed by atoms with E-state index in [0.29, 0.717) is 11.1 Å². The van der Waals surface area contributed by atoms with Crippen LogP contribution in [0.1, 0.15) is 23.9 Å². The molecule has 2 aromatic heterocycles. The molecule has 0 unspecified atom stereocenters. The smallest absolute Gasteiger partial charge is 0.284 e. The van der Waals surface area contributed by atoms with Gasteiger partial charge in [-0.25, -0.2) is 4.98 Å². The predicted molar refractivity (Wildman–Crippen MR) is 82.6 cm³/mol. The third-order valence-corrected chi connectivity index (χ3v) is 4.44. The number of aryl methyl sites for hydroxylation is 3. The van der Waals surface area contributed by atoms with Gasteiger partial charge in [-0.2, -0.15) is 4.37 Å². The van der Waals surface area contributed by atoms with E-state index < -0.39 is 0 Å². The molecule has 0 aliphatic carbocycles. The van der Waals surface area contributed by atoms with Gasteiger partial charge in [-0.3, -0.25) is 0 Å². The van der Waals surface area contributed by atoms with Crippen molar-refractivity contribution in [2.24, 2.45) is 0 Å². The minimum atomic E-state index is 0.489. The molecule has 0 fully saturated rings. The normalized spacial score (nSPS) is 11.0. The summed E-state index contributed by atoms with van der Waals surface area (Å²) in [6.45, 7) is 6.13. The fraction of sp³-hybridized carbons (Fsp3) is 0.286. The van der Waals surface area contributed by atoms with Crippen molar-refractivity contribution in [3.8, 4) is 11.5 Å². The monoisotopic (exact) mass is 318 g/mol. The third-order valence-electron chi connectivity index (χ3n) is 2.82. The highest BCUT2D eigenvalue weighted by atomic mass is 32.2. The highest BCUT2D eigenvalue weighted by molar-refractivity contribution is 8.00. The van der Waals surface area contributed by atoms with E-state index in [1.807, 2.05) is 19.1 Å². The molecule has 21 heavy (non-hydrogen) atoms. The van der Waals surface area contributed by atoms with Crippen LogP contribution in [0, 0.1) is 13.8 Å². The molecule has 0 radical (unpaired) electrons. The SMILES string of the molecule is CCc1nsc(Sc2nnc(-c3cc(C)cc(C)c3)o2)n1. The molecular weight excluding hydrogens is 304 g/mol. The van der Waals surface area contributed by atoms with Crippen molar-refractivity contribution in [2.45, 2.75) is 36.8 Å². The number of hydrogen-bond donors (Lipinski definition) is 0. The molecule has 7 heteroatoms. The molecule has 3 rings (SSSR count). The van der Waals surface area contributed by atoms with E-state index in [9.17, 15) is 0 Å². The maximum absolute atomic E-state index is 5.71. The van der Waals surface area contributed by atoms with Crippen LogP contribution in [0.25, 0.3) is 11.5 Å². The standard InChI is InChI=1S/C14H14N4OS2/c1-4-11-15-14(21-18-11)20-13-17-16-12(19-13)10-6-8(2)5-9(3)7-10/h5-7H,4H2,1-3H3. The topological polar surface area (TPSA) is 64.7 Å². The summed E-state index contributed by atoms with van der Waals surface area (Å²) < 4.78 is 10.8. The Bertz CT molecular complexity index is 746. The van der Waals surface area contributed by atoms with Crippen molar-refractivity contribution in [2.75, 3.05) is 0 Å². The lowest BCUT2D eigenvalue weighted by molar-refractivity contribution is 0.466. The van der Waals surface area contributed by atoms with Crippen LogP contribution in [0.3, 0.4) is 0 Å². The Morgan fingerprint density at radius 3 is 2.57 bits per heavy atom. The maximum atomic E-state index is 5.71. The summed E-state index contributed by atoms with van der Waals surface area (Å²) in [6, 6.07) is 6.19. The van der Waals surface area contributed by atoms with Crippen LogP contribution in [0.4, 0.5) is 0 Å². The largest absolute Gasteiger partial charge is 0.411 e. The highest BCUT2D eigenvalue weighted by Crippen LogP contribution is 2.30. The van der Waals surface area contributed by atoms with Gasteiger partial charge in [0.2, 0.25) is 5.89 Å². The minimum Gasteiger partial charge on any atom is -0.411 e. The van der Waals surface area contributed by atoms with E-state index >= 15 is 0 Å². The van der Waals surface area contributed by atoms with Gasteiger partial charge in [0.1, 0.15) is 5.82 Å². The molecule has 0 amide bonds. The Morgan fingerprint density at radius 1 is 1.14 bits per heavy atom. The van der Waals surface area contributed by atoms with Gasteiger partial charge >= 0.3 is 0 Å². The average molecular weight is 318 g/mol. The molecular formula is C14H14N4OS2. The summed E-state index contributed by atoms with van der Waals surface area (Å²) in [4.78, 5) is 4.38. The molecule has 0 aliphatic rings. The molecule has 3 aromatic rings. The van der Waals surface area contributed by atoms with Crippen LogP contribution in [-0.4, -0.2) is 19.6 Å². The molecule has 0 atom stereocenters. The Labute approximate surface area is 131 Å². The first kappa shape index (κ1) is 14.2. The third kappa shape index (κ3) is 3.30. The van der Waals surface area contributed by atoms with Crippen LogP contribution < -0.4 is 0 Å². The fourth-order valence-corrected chi connectivity index (χ4v) is 3.44. The summed E-state index contributed by atoms with van der Waals surface area (Å²) in [6.07, 6.45) is 0.828. The van der Waals surface area contributed by atoms with Crippen LogP contribution in [0.2, 0.25) is 0 Å². The van der Waals surface area contributed by atoms with Gasteiger partial charge in [0.05, 0.1) is 0 Å². The highest BCUT2D eigenvalue weighted by Gasteiger charge is 2.13. The molecule has 108 valence electrons. The summed E-state index contributed by atoms with van der Waals surface area (Å²) in [5.74, 6) is 1.38. The van der Waals surface area contributed by atoms with Crippen molar-refractivity contribution in [3.05, 3.63) is 35.2 Å². The molecule has 0 aliphatic heterocycles. The van der Waals surface area contributed by atoms with Crippen molar-refractivity contribution in [1.29, 1.82) is 0 Å². The number of rotatable bonds is 4. The van der Waals surface area contributed by atoms with Gasteiger partial charge in [-0.15, -0.1) is 10.2 Å². The van der Waals surface area contributed by atoms with E-state index in [1.165, 1.54) is 34.4 Å². The Balaban J connectivity index is 1.82. The van der Waals surface area contributed by atoms with E-state index in [0.717, 1.165) is 22.1 Å². The number of hydrogen-bond acceptors (Lipinski definition) is 7. The number of nitrogens with zero attached hydrogens (tertiary/aromatic N) is 4. The molecule has 0 spiro atoms. The summed E-state index contributed by atoms with van der Waals surface area (Å²) in [7, 11) is 0. The first-order chi connectivity index (χ1) is 10.1. The lowest BCUT2D eigenvalue weighted by atomic mass is 10.1. The minimum absolute atomic E-state index is 0.489. The molecule has 1 aromatic carbocycles. The van der Waals surface area contributed by atoms with E-state index in [2.05, 4.69) is 39.5 Å². The van der Waals surface area contributed by atoms with Gasteiger partial charge in [-0.1, -0.05) is 24.1 Å². The second kappa shape index (κ2) is 5.95. The predicted octanol–water partition coefficient (Wildman–Crippen LogP) is 3.92. The molecule has 0 saturated carbocycles. The van der Waals surface area contributed by atoms with Crippen molar-refractivity contribution < 1.29 is 4.42 Å². The van der Waals surface area contributed by atoms with Gasteiger partial charge in [0.15, 0.2) is 4.34 Å². The van der Waals surface area contributed by atoms with Crippen molar-refractivity contribution in [1.82, 2.24) is 19.6 Å². The summed E-state index contributed by atoms with van der Waals surface area (Å²) >= 11 is 2.71. The summed E-state index contributed by atoms with van der Waals surface area (Å²) in [5, 5.41) is 8.67. The Hall–Kier alpha value is -1.73. The zero-order valence-corrected chi connectivity index (χ0v) is 13.6. The van der Waals surface area contributed by atoms with Gasteiger partial charge in [-0.05, 0) is 37.5 Å². The Kier molecular flexibility index (Phi) is 4.03. The van der Waals surface area contributed by atoms with E-state index in [1.54, 1.807) is 0 Å². The lowest BCUT2D eigenvalue weighted by Gasteiger charge is -1.99. The van der Waals surface area contributed by atoms with E-state index in [4.69, 9.17) is 4.42 Å². The van der Waals surface area contributed by atoms with Crippen LogP contribution in [0.5, 0.6) is 0 Å². The zero-order chi connectivity index (χ0) is 14.8. The van der Waals surface area contributed by atoms with Crippen LogP contribution >= 0.6 is 23.3 Å². The van der Waals surface area contributed by atoms with Crippen molar-refractivity contribution >= 4 is 23.3 Å². The zero-order valence-electron chi connectivity index (χ0n) is 12.0. The van der Waals surface area contributed by atoms with Gasteiger partial charge in [0, 0.05) is 23.7 Å². The molecule has 0 saturated heterocycles.